The molecule has 1 aromatic carbocycles. The number of hydrogen-bond donors (Lipinski definition) is 1. The molecule has 3 amide bonds. The Hall–Kier alpha value is -2.74. The van der Waals surface area contributed by atoms with Crippen LogP contribution in [0.3, 0.4) is 0 Å². The number of aromatic nitrogens is 1. The molecule has 8 nitrogen and oxygen atoms in total. The normalized spacial score (nSPS) is 13.9. The molecule has 2 aromatic rings. The maximum absolute atomic E-state index is 12.6. The van der Waals surface area contributed by atoms with Gasteiger partial charge in [-0.05, 0) is 51.0 Å². The van der Waals surface area contributed by atoms with E-state index in [1.807, 2.05) is 32.9 Å². The number of benzene rings is 1. The van der Waals surface area contributed by atoms with Gasteiger partial charge in [0.2, 0.25) is 5.91 Å². The van der Waals surface area contributed by atoms with Crippen LogP contribution in [0.1, 0.15) is 29.0 Å². The maximum atomic E-state index is 12.6. The van der Waals surface area contributed by atoms with Crippen molar-refractivity contribution in [3.63, 3.8) is 0 Å². The van der Waals surface area contributed by atoms with Gasteiger partial charge in [-0.2, -0.15) is 0 Å². The van der Waals surface area contributed by atoms with Crippen molar-refractivity contribution in [1.29, 1.82) is 0 Å². The molecule has 1 aromatic heterocycles. The van der Waals surface area contributed by atoms with E-state index in [2.05, 4.69) is 10.5 Å². The van der Waals surface area contributed by atoms with E-state index in [-0.39, 0.29) is 18.4 Å². The van der Waals surface area contributed by atoms with Gasteiger partial charge in [0, 0.05) is 43.3 Å². The van der Waals surface area contributed by atoms with Gasteiger partial charge in [0.1, 0.15) is 11.5 Å². The fraction of sp³-hybridized carbons (Fsp3) is 0.500. The van der Waals surface area contributed by atoms with Crippen molar-refractivity contribution >= 4 is 23.5 Å². The molecule has 1 fully saturated rings. The van der Waals surface area contributed by atoms with Crippen molar-refractivity contribution < 1.29 is 18.8 Å². The predicted octanol–water partition coefficient (Wildman–Crippen LogP) is 3.12. The Labute approximate surface area is 187 Å². The Kier molecular flexibility index (Phi) is 7.79. The van der Waals surface area contributed by atoms with E-state index in [1.54, 1.807) is 15.9 Å². The summed E-state index contributed by atoms with van der Waals surface area (Å²) < 4.78 is 10.9. The lowest BCUT2D eigenvalue weighted by molar-refractivity contribution is -0.131. The summed E-state index contributed by atoms with van der Waals surface area (Å²) in [6, 6.07) is 5.39. The molecule has 1 aliphatic rings. The van der Waals surface area contributed by atoms with Crippen LogP contribution < -0.4 is 10.1 Å². The summed E-state index contributed by atoms with van der Waals surface area (Å²) >= 11 is 5.94. The first-order valence-electron chi connectivity index (χ1n) is 10.5. The molecule has 0 aliphatic carbocycles. The molecule has 1 N–H and O–H groups in total. The molecule has 0 saturated carbocycles. The lowest BCUT2D eigenvalue weighted by Crippen LogP contribution is -2.53. The van der Waals surface area contributed by atoms with Crippen molar-refractivity contribution in [2.24, 2.45) is 0 Å². The van der Waals surface area contributed by atoms with Crippen molar-refractivity contribution in [1.82, 2.24) is 20.3 Å². The summed E-state index contributed by atoms with van der Waals surface area (Å²) in [5.41, 5.74) is 2.58. The zero-order valence-corrected chi connectivity index (χ0v) is 19.0. The molecule has 1 aliphatic heterocycles. The highest BCUT2D eigenvalue weighted by atomic mass is 35.5. The summed E-state index contributed by atoms with van der Waals surface area (Å²) in [6.07, 6.45) is 0.976. The molecule has 168 valence electrons. The number of amides is 3. The van der Waals surface area contributed by atoms with Gasteiger partial charge >= 0.3 is 6.03 Å². The van der Waals surface area contributed by atoms with Crippen LogP contribution in [0.25, 0.3) is 0 Å². The third kappa shape index (κ3) is 6.13. The first kappa shape index (κ1) is 22.9. The number of ether oxygens (including phenoxy) is 1. The van der Waals surface area contributed by atoms with Crippen molar-refractivity contribution in [3.05, 3.63) is 45.8 Å². The molecular formula is C22H29ClN4O4. The Morgan fingerprint density at radius 2 is 1.87 bits per heavy atom. The van der Waals surface area contributed by atoms with Crippen LogP contribution in [0.5, 0.6) is 5.75 Å². The SMILES string of the molecule is Cc1cc(Cl)ccc1OCCCNC(=O)N1CCN(C(=O)Cc2c(C)noc2C)CC1. The summed E-state index contributed by atoms with van der Waals surface area (Å²) in [5, 5.41) is 7.50. The van der Waals surface area contributed by atoms with Crippen LogP contribution in [0.4, 0.5) is 4.79 Å². The van der Waals surface area contributed by atoms with Gasteiger partial charge in [-0.3, -0.25) is 4.79 Å². The van der Waals surface area contributed by atoms with E-state index in [0.717, 1.165) is 22.6 Å². The maximum Gasteiger partial charge on any atom is 0.317 e. The van der Waals surface area contributed by atoms with Crippen LogP contribution in [-0.4, -0.2) is 66.2 Å². The Morgan fingerprint density at radius 3 is 2.52 bits per heavy atom. The van der Waals surface area contributed by atoms with Crippen LogP contribution in [0.15, 0.2) is 22.7 Å². The van der Waals surface area contributed by atoms with Crippen LogP contribution in [0, 0.1) is 20.8 Å². The molecule has 0 spiro atoms. The number of halogens is 1. The molecule has 0 bridgehead atoms. The molecule has 0 radical (unpaired) electrons. The second-order valence-electron chi connectivity index (χ2n) is 7.69. The van der Waals surface area contributed by atoms with Gasteiger partial charge in [-0.15, -0.1) is 0 Å². The molecule has 0 unspecified atom stereocenters. The summed E-state index contributed by atoms with van der Waals surface area (Å²) in [6.45, 7) is 8.70. The summed E-state index contributed by atoms with van der Waals surface area (Å²) in [5.74, 6) is 1.51. The highest BCUT2D eigenvalue weighted by Gasteiger charge is 2.25. The first-order valence-corrected chi connectivity index (χ1v) is 10.8. The van der Waals surface area contributed by atoms with Gasteiger partial charge in [-0.25, -0.2) is 4.79 Å². The van der Waals surface area contributed by atoms with E-state index in [4.69, 9.17) is 20.9 Å². The van der Waals surface area contributed by atoms with Crippen molar-refractivity contribution in [2.75, 3.05) is 39.3 Å². The lowest BCUT2D eigenvalue weighted by Gasteiger charge is -2.34. The minimum Gasteiger partial charge on any atom is -0.493 e. The number of carbonyl (C=O) groups excluding carboxylic acids is 2. The van der Waals surface area contributed by atoms with E-state index in [1.165, 1.54) is 0 Å². The van der Waals surface area contributed by atoms with Crippen LogP contribution in [0.2, 0.25) is 5.02 Å². The third-order valence-corrected chi connectivity index (χ3v) is 5.66. The number of carbonyl (C=O) groups is 2. The molecule has 0 atom stereocenters. The minimum absolute atomic E-state index is 0.0316. The number of nitrogens with one attached hydrogen (secondary N) is 1. The van der Waals surface area contributed by atoms with Crippen molar-refractivity contribution in [2.45, 2.75) is 33.6 Å². The summed E-state index contributed by atoms with van der Waals surface area (Å²) in [4.78, 5) is 28.5. The van der Waals surface area contributed by atoms with Gasteiger partial charge in [0.15, 0.2) is 0 Å². The highest BCUT2D eigenvalue weighted by Crippen LogP contribution is 2.21. The van der Waals surface area contributed by atoms with Crippen LogP contribution >= 0.6 is 11.6 Å². The first-order chi connectivity index (χ1) is 14.8. The largest absolute Gasteiger partial charge is 0.493 e. The second-order valence-corrected chi connectivity index (χ2v) is 8.13. The number of nitrogens with zero attached hydrogens (tertiary/aromatic N) is 3. The monoisotopic (exact) mass is 448 g/mol. The average Bonchev–Trinajstić information content (AvgIpc) is 3.06. The fourth-order valence-corrected chi connectivity index (χ4v) is 3.74. The van der Waals surface area contributed by atoms with E-state index in [9.17, 15) is 9.59 Å². The van der Waals surface area contributed by atoms with Gasteiger partial charge in [-0.1, -0.05) is 16.8 Å². The number of aryl methyl sites for hydroxylation is 3. The molecule has 3 rings (SSSR count). The summed E-state index contributed by atoms with van der Waals surface area (Å²) in [7, 11) is 0. The number of hydrogen-bond acceptors (Lipinski definition) is 5. The zero-order chi connectivity index (χ0) is 22.4. The second kappa shape index (κ2) is 10.5. The molecular weight excluding hydrogens is 420 g/mol. The van der Waals surface area contributed by atoms with E-state index >= 15 is 0 Å². The Balaban J connectivity index is 1.34. The van der Waals surface area contributed by atoms with E-state index in [0.29, 0.717) is 56.5 Å². The Bertz CT molecular complexity index is 903. The average molecular weight is 449 g/mol. The quantitative estimate of drug-likeness (QED) is 0.657. The zero-order valence-electron chi connectivity index (χ0n) is 18.2. The fourth-order valence-electron chi connectivity index (χ4n) is 3.51. The molecule has 9 heteroatoms. The topological polar surface area (TPSA) is 87.9 Å². The van der Waals surface area contributed by atoms with Crippen molar-refractivity contribution in [3.8, 4) is 5.75 Å². The smallest absolute Gasteiger partial charge is 0.317 e. The number of rotatable bonds is 7. The van der Waals surface area contributed by atoms with Gasteiger partial charge in [0.25, 0.3) is 0 Å². The highest BCUT2D eigenvalue weighted by molar-refractivity contribution is 6.30. The number of urea groups is 1. The predicted molar refractivity (Wildman–Crippen MR) is 118 cm³/mol. The minimum atomic E-state index is -0.111. The lowest BCUT2D eigenvalue weighted by atomic mass is 10.1. The standard InChI is InChI=1S/C22H29ClN4O4/c1-15-13-18(23)5-6-20(15)30-12-4-7-24-22(29)27-10-8-26(9-11-27)21(28)14-19-16(2)25-31-17(19)3/h5-6,13H,4,7-12,14H2,1-3H3,(H,24,29). The molecule has 1 saturated heterocycles. The van der Waals surface area contributed by atoms with Gasteiger partial charge < -0.3 is 24.4 Å². The molecule has 31 heavy (non-hydrogen) atoms. The third-order valence-electron chi connectivity index (χ3n) is 5.42. The number of piperazine rings is 1. The Morgan fingerprint density at radius 1 is 1.16 bits per heavy atom. The van der Waals surface area contributed by atoms with Crippen LogP contribution in [-0.2, 0) is 11.2 Å². The molecule has 2 heterocycles. The van der Waals surface area contributed by atoms with E-state index < -0.39 is 0 Å². The van der Waals surface area contributed by atoms with Gasteiger partial charge in [0.05, 0.1) is 18.7 Å².